The summed E-state index contributed by atoms with van der Waals surface area (Å²) in [5.41, 5.74) is 4.23. The Balaban J connectivity index is 1.59. The van der Waals surface area contributed by atoms with Crippen molar-refractivity contribution in [3.63, 3.8) is 0 Å². The molecule has 1 aromatic carbocycles. The molecule has 0 aliphatic carbocycles. The zero-order valence-corrected chi connectivity index (χ0v) is 17.5. The summed E-state index contributed by atoms with van der Waals surface area (Å²) in [7, 11) is 0. The van der Waals surface area contributed by atoms with E-state index in [4.69, 9.17) is 0 Å². The molecule has 0 aliphatic heterocycles. The van der Waals surface area contributed by atoms with Crippen LogP contribution in [0.2, 0.25) is 0 Å². The van der Waals surface area contributed by atoms with Gasteiger partial charge in [-0.1, -0.05) is 24.3 Å². The van der Waals surface area contributed by atoms with Crippen molar-refractivity contribution in [1.29, 1.82) is 10.5 Å². The van der Waals surface area contributed by atoms with E-state index in [0.717, 1.165) is 11.1 Å². The van der Waals surface area contributed by atoms with Gasteiger partial charge in [0.1, 0.15) is 17.2 Å². The number of para-hydroxylation sites is 1. The highest BCUT2D eigenvalue weighted by atomic mass is 32.2. The number of nitrogens with one attached hydrogen (secondary N) is 1. The van der Waals surface area contributed by atoms with Crippen molar-refractivity contribution in [2.24, 2.45) is 0 Å². The predicted molar refractivity (Wildman–Crippen MR) is 120 cm³/mol. The van der Waals surface area contributed by atoms with Gasteiger partial charge in [-0.05, 0) is 42.8 Å². The smallest absolute Gasteiger partial charge is 0.257 e. The summed E-state index contributed by atoms with van der Waals surface area (Å²) in [5.74, 6) is 0.177. The highest BCUT2D eigenvalue weighted by Gasteiger charge is 2.17. The Labute approximate surface area is 183 Å². The van der Waals surface area contributed by atoms with E-state index in [1.165, 1.54) is 11.8 Å². The number of hydrogen-bond donors (Lipinski definition) is 1. The number of carbonyl (C=O) groups excluding carboxylic acids is 1. The molecule has 0 bridgehead atoms. The summed E-state index contributed by atoms with van der Waals surface area (Å²) in [6.45, 7) is 1.75. The number of pyridine rings is 2. The van der Waals surface area contributed by atoms with Gasteiger partial charge in [0.25, 0.3) is 5.91 Å². The minimum Gasteiger partial charge on any atom is -0.322 e. The molecule has 7 heteroatoms. The largest absolute Gasteiger partial charge is 0.322 e. The Bertz CT molecular complexity index is 1360. The van der Waals surface area contributed by atoms with Crippen LogP contribution in [0.1, 0.15) is 32.7 Å². The molecule has 4 aromatic rings. The Kier molecular flexibility index (Phi) is 5.70. The fraction of sp³-hybridized carbons (Fsp3) is 0.0833. The molecule has 6 nitrogen and oxygen atoms in total. The molecule has 0 spiro atoms. The molecule has 0 aliphatic rings. The molecule has 3 aromatic heterocycles. The number of hydrogen-bond acceptors (Lipinski definition) is 5. The maximum atomic E-state index is 12.7. The summed E-state index contributed by atoms with van der Waals surface area (Å²) in [5, 5.41) is 22.6. The predicted octanol–water partition coefficient (Wildman–Crippen LogP) is 4.93. The molecule has 150 valence electrons. The van der Waals surface area contributed by atoms with Crippen molar-refractivity contribution >= 4 is 28.9 Å². The van der Waals surface area contributed by atoms with Gasteiger partial charge >= 0.3 is 0 Å². The molecular formula is C24H17N5OS. The first-order valence-corrected chi connectivity index (χ1v) is 10.5. The van der Waals surface area contributed by atoms with E-state index in [-0.39, 0.29) is 5.91 Å². The number of fused-ring (bicyclic) bond motifs is 1. The Morgan fingerprint density at radius 2 is 1.90 bits per heavy atom. The number of carbonyl (C=O) groups is 1. The number of amides is 1. The summed E-state index contributed by atoms with van der Waals surface area (Å²) in [4.78, 5) is 17.2. The summed E-state index contributed by atoms with van der Waals surface area (Å²) in [6.07, 6.45) is 3.81. The van der Waals surface area contributed by atoms with E-state index in [1.54, 1.807) is 25.1 Å². The summed E-state index contributed by atoms with van der Waals surface area (Å²) >= 11 is 1.38. The summed E-state index contributed by atoms with van der Waals surface area (Å²) in [6, 6.07) is 20.8. The highest BCUT2D eigenvalue weighted by molar-refractivity contribution is 7.98. The second-order valence-electron chi connectivity index (χ2n) is 6.83. The van der Waals surface area contributed by atoms with Gasteiger partial charge in [-0.15, -0.1) is 11.8 Å². The van der Waals surface area contributed by atoms with Crippen molar-refractivity contribution < 1.29 is 4.79 Å². The van der Waals surface area contributed by atoms with Crippen LogP contribution in [0.5, 0.6) is 0 Å². The van der Waals surface area contributed by atoms with Crippen molar-refractivity contribution in [2.45, 2.75) is 17.7 Å². The second kappa shape index (κ2) is 8.74. The third-order valence-corrected chi connectivity index (χ3v) is 5.85. The van der Waals surface area contributed by atoms with Crippen LogP contribution in [0.3, 0.4) is 0 Å². The van der Waals surface area contributed by atoms with Crippen LogP contribution >= 0.6 is 11.8 Å². The molecule has 0 saturated heterocycles. The number of aromatic nitrogens is 2. The molecule has 31 heavy (non-hydrogen) atoms. The van der Waals surface area contributed by atoms with Crippen molar-refractivity contribution in [3.8, 4) is 12.1 Å². The van der Waals surface area contributed by atoms with Crippen LogP contribution in [0, 0.1) is 29.6 Å². The molecule has 0 atom stereocenters. The van der Waals surface area contributed by atoms with Crippen LogP contribution in [-0.2, 0) is 5.75 Å². The zero-order chi connectivity index (χ0) is 21.8. The lowest BCUT2D eigenvalue weighted by molar-refractivity contribution is 0.102. The third-order valence-electron chi connectivity index (χ3n) is 4.81. The summed E-state index contributed by atoms with van der Waals surface area (Å²) < 4.78 is 1.91. The van der Waals surface area contributed by atoms with Crippen LogP contribution in [0.15, 0.2) is 72.0 Å². The molecule has 0 fully saturated rings. The van der Waals surface area contributed by atoms with E-state index in [2.05, 4.69) is 22.4 Å². The van der Waals surface area contributed by atoms with Crippen LogP contribution in [0.25, 0.3) is 5.52 Å². The van der Waals surface area contributed by atoms with Gasteiger partial charge in [-0.3, -0.25) is 4.79 Å². The lowest BCUT2D eigenvalue weighted by atomic mass is 10.1. The standard InChI is InChI=1S/C24H17N5OS/c1-16-20(23(30)28-19-7-3-2-4-8-19)11-17(12-25)24(27-16)31-15-18-14-29-10-6-5-9-22(29)21(18)13-26/h2-11,14H,15H2,1H3,(H,28,30). The first-order chi connectivity index (χ1) is 15.1. The van der Waals surface area contributed by atoms with Crippen LogP contribution < -0.4 is 5.32 Å². The van der Waals surface area contributed by atoms with E-state index in [1.807, 2.05) is 53.2 Å². The number of nitriles is 2. The van der Waals surface area contributed by atoms with E-state index in [0.29, 0.717) is 38.9 Å². The average Bonchev–Trinajstić information content (AvgIpc) is 3.15. The lowest BCUT2D eigenvalue weighted by Gasteiger charge is -2.10. The molecule has 0 saturated carbocycles. The zero-order valence-electron chi connectivity index (χ0n) is 16.7. The van der Waals surface area contributed by atoms with Crippen LogP contribution in [-0.4, -0.2) is 15.3 Å². The molecule has 0 radical (unpaired) electrons. The minimum absolute atomic E-state index is 0.310. The number of anilines is 1. The quantitative estimate of drug-likeness (QED) is 0.459. The number of nitrogens with zero attached hydrogens (tertiary/aromatic N) is 4. The van der Waals surface area contributed by atoms with Gasteiger partial charge < -0.3 is 9.72 Å². The molecular weight excluding hydrogens is 406 g/mol. The number of benzene rings is 1. The number of thioether (sulfide) groups is 1. The van der Waals surface area contributed by atoms with Gasteiger partial charge in [-0.25, -0.2) is 4.98 Å². The van der Waals surface area contributed by atoms with Gasteiger partial charge in [0.05, 0.1) is 27.9 Å². The molecule has 3 heterocycles. The van der Waals surface area contributed by atoms with Gasteiger partial charge in [0.15, 0.2) is 0 Å². The normalized spacial score (nSPS) is 10.4. The number of rotatable bonds is 5. The maximum Gasteiger partial charge on any atom is 0.257 e. The lowest BCUT2D eigenvalue weighted by Crippen LogP contribution is -2.15. The Morgan fingerprint density at radius 1 is 1.13 bits per heavy atom. The molecule has 1 amide bonds. The highest BCUT2D eigenvalue weighted by Crippen LogP contribution is 2.29. The van der Waals surface area contributed by atoms with Crippen molar-refractivity contribution in [2.75, 3.05) is 5.32 Å². The SMILES string of the molecule is Cc1nc(SCc2cn3ccccc3c2C#N)c(C#N)cc1C(=O)Nc1ccccc1. The van der Waals surface area contributed by atoms with Crippen molar-refractivity contribution in [1.82, 2.24) is 9.38 Å². The van der Waals surface area contributed by atoms with Gasteiger partial charge in [-0.2, -0.15) is 10.5 Å². The second-order valence-corrected chi connectivity index (χ2v) is 7.79. The molecule has 4 rings (SSSR count). The molecule has 1 N–H and O–H groups in total. The Hall–Kier alpha value is -4.07. The minimum atomic E-state index is -0.310. The van der Waals surface area contributed by atoms with Gasteiger partial charge in [0, 0.05) is 23.8 Å². The Morgan fingerprint density at radius 3 is 2.65 bits per heavy atom. The first kappa shape index (κ1) is 20.2. The van der Waals surface area contributed by atoms with Crippen LogP contribution in [0.4, 0.5) is 5.69 Å². The topological polar surface area (TPSA) is 94.0 Å². The number of aryl methyl sites for hydroxylation is 1. The third kappa shape index (κ3) is 4.13. The maximum absolute atomic E-state index is 12.7. The van der Waals surface area contributed by atoms with Gasteiger partial charge in [0.2, 0.25) is 0 Å². The monoisotopic (exact) mass is 423 g/mol. The molecule has 0 unspecified atom stereocenters. The van der Waals surface area contributed by atoms with E-state index in [9.17, 15) is 15.3 Å². The van der Waals surface area contributed by atoms with E-state index < -0.39 is 0 Å². The first-order valence-electron chi connectivity index (χ1n) is 9.50. The average molecular weight is 424 g/mol. The van der Waals surface area contributed by atoms with E-state index >= 15 is 0 Å². The van der Waals surface area contributed by atoms with Crippen molar-refractivity contribution in [3.05, 3.63) is 94.9 Å². The fourth-order valence-electron chi connectivity index (χ4n) is 3.29. The fourth-order valence-corrected chi connectivity index (χ4v) is 4.26.